The van der Waals surface area contributed by atoms with Gasteiger partial charge in [0.15, 0.2) is 0 Å². The maximum absolute atomic E-state index is 12.4. The minimum Gasteiger partial charge on any atom is -0.290 e. The lowest BCUT2D eigenvalue weighted by atomic mass is 10.0. The number of phosphoric acid groups is 1. The van der Waals surface area contributed by atoms with Crippen molar-refractivity contribution in [3.63, 3.8) is 0 Å². The summed E-state index contributed by atoms with van der Waals surface area (Å²) in [6, 6.07) is 9.63. The van der Waals surface area contributed by atoms with Gasteiger partial charge in [-0.1, -0.05) is 121 Å². The lowest BCUT2D eigenvalue weighted by molar-refractivity contribution is 0.123. The Morgan fingerprint density at radius 2 is 1.17 bits per heavy atom. The molecule has 1 atom stereocenters. The first-order valence-corrected chi connectivity index (χ1v) is 13.1. The first-order chi connectivity index (χ1) is 14.2. The molecule has 4 nitrogen and oxygen atoms in total. The van der Waals surface area contributed by atoms with Crippen LogP contribution in [0.4, 0.5) is 0 Å². The second-order valence-corrected chi connectivity index (χ2v) is 9.59. The van der Waals surface area contributed by atoms with Gasteiger partial charge in [-0.2, -0.15) is 0 Å². The highest BCUT2D eigenvalue weighted by atomic mass is 31.2. The molecule has 0 spiro atoms. The number of benzene rings is 1. The minimum absolute atomic E-state index is 0.227. The highest BCUT2D eigenvalue weighted by molar-refractivity contribution is 7.48. The molecule has 0 saturated heterocycles. The van der Waals surface area contributed by atoms with E-state index in [1.165, 1.54) is 84.2 Å². The summed E-state index contributed by atoms with van der Waals surface area (Å²) in [5, 5.41) is 0. The predicted octanol–water partition coefficient (Wildman–Crippen LogP) is 8.46. The van der Waals surface area contributed by atoms with Gasteiger partial charge < -0.3 is 0 Å². The van der Waals surface area contributed by atoms with Gasteiger partial charge in [-0.3, -0.25) is 13.6 Å². The zero-order valence-corrected chi connectivity index (χ0v) is 19.7. The standard InChI is InChI=1S/C24H43O4P/c1-3-4-5-6-7-8-9-10-11-12-13-14-15-19-22-27-29(25,26-2)28-23-24-20-17-16-18-21-24/h16-18,20-21H,3-15,19,22-23H2,1-2H3. The molecular weight excluding hydrogens is 383 g/mol. The van der Waals surface area contributed by atoms with Gasteiger partial charge in [-0.05, 0) is 12.0 Å². The Morgan fingerprint density at radius 1 is 0.690 bits per heavy atom. The van der Waals surface area contributed by atoms with E-state index in [0.29, 0.717) is 6.61 Å². The van der Waals surface area contributed by atoms with Crippen LogP contribution in [-0.2, 0) is 24.7 Å². The van der Waals surface area contributed by atoms with Crippen LogP contribution in [0.1, 0.15) is 102 Å². The molecule has 0 heterocycles. The summed E-state index contributed by atoms with van der Waals surface area (Å²) in [6.07, 6.45) is 18.3. The van der Waals surface area contributed by atoms with E-state index in [9.17, 15) is 4.57 Å². The molecule has 0 saturated carbocycles. The van der Waals surface area contributed by atoms with E-state index in [0.717, 1.165) is 18.4 Å². The van der Waals surface area contributed by atoms with E-state index < -0.39 is 7.82 Å². The molecule has 0 aliphatic rings. The van der Waals surface area contributed by atoms with Crippen LogP contribution in [0.25, 0.3) is 0 Å². The summed E-state index contributed by atoms with van der Waals surface area (Å²) in [5.41, 5.74) is 0.949. The number of hydrogen-bond donors (Lipinski definition) is 0. The van der Waals surface area contributed by atoms with Gasteiger partial charge in [0.05, 0.1) is 13.2 Å². The Hall–Kier alpha value is -0.670. The minimum atomic E-state index is -3.45. The van der Waals surface area contributed by atoms with Crippen LogP contribution in [0.15, 0.2) is 30.3 Å². The third-order valence-corrected chi connectivity index (χ3v) is 6.59. The molecule has 0 bridgehead atoms. The molecule has 168 valence electrons. The van der Waals surface area contributed by atoms with Gasteiger partial charge in [0.1, 0.15) is 0 Å². The molecule has 0 fully saturated rings. The average Bonchev–Trinajstić information content (AvgIpc) is 2.76. The van der Waals surface area contributed by atoms with Crippen molar-refractivity contribution in [2.75, 3.05) is 13.7 Å². The third kappa shape index (κ3) is 14.9. The molecule has 29 heavy (non-hydrogen) atoms. The maximum atomic E-state index is 12.4. The van der Waals surface area contributed by atoms with Gasteiger partial charge in [0.25, 0.3) is 0 Å². The Labute approximate surface area is 179 Å². The fraction of sp³-hybridized carbons (Fsp3) is 0.750. The van der Waals surface area contributed by atoms with Crippen molar-refractivity contribution in [2.45, 2.75) is 103 Å². The monoisotopic (exact) mass is 426 g/mol. The topological polar surface area (TPSA) is 44.8 Å². The summed E-state index contributed by atoms with van der Waals surface area (Å²) in [6.45, 7) is 2.91. The molecular formula is C24H43O4P. The van der Waals surface area contributed by atoms with Crippen molar-refractivity contribution in [3.8, 4) is 0 Å². The molecule has 0 aromatic heterocycles. The van der Waals surface area contributed by atoms with Crippen LogP contribution < -0.4 is 0 Å². The first-order valence-electron chi connectivity index (χ1n) is 11.7. The predicted molar refractivity (Wildman–Crippen MR) is 122 cm³/mol. The van der Waals surface area contributed by atoms with E-state index >= 15 is 0 Å². The molecule has 1 aromatic carbocycles. The molecule has 1 aromatic rings. The third-order valence-electron chi connectivity index (χ3n) is 5.20. The van der Waals surface area contributed by atoms with Crippen LogP contribution in [0.3, 0.4) is 0 Å². The summed E-state index contributed by atoms with van der Waals surface area (Å²) in [4.78, 5) is 0. The molecule has 1 unspecified atom stereocenters. The van der Waals surface area contributed by atoms with Crippen LogP contribution in [0, 0.1) is 0 Å². The van der Waals surface area contributed by atoms with Crippen molar-refractivity contribution >= 4 is 7.82 Å². The van der Waals surface area contributed by atoms with Gasteiger partial charge in [0.2, 0.25) is 0 Å². The zero-order valence-electron chi connectivity index (χ0n) is 18.8. The number of unbranched alkanes of at least 4 members (excludes halogenated alkanes) is 13. The number of rotatable bonds is 20. The van der Waals surface area contributed by atoms with Crippen molar-refractivity contribution in [1.82, 2.24) is 0 Å². The summed E-state index contributed by atoms with van der Waals surface area (Å²) in [5.74, 6) is 0. The fourth-order valence-electron chi connectivity index (χ4n) is 3.34. The second-order valence-electron chi connectivity index (χ2n) is 7.82. The normalized spacial score (nSPS) is 13.4. The molecule has 0 aliphatic heterocycles. The van der Waals surface area contributed by atoms with Crippen LogP contribution in [0.5, 0.6) is 0 Å². The number of hydrogen-bond acceptors (Lipinski definition) is 4. The molecule has 0 radical (unpaired) electrons. The fourth-order valence-corrected chi connectivity index (χ4v) is 4.29. The quantitative estimate of drug-likeness (QED) is 0.155. The summed E-state index contributed by atoms with van der Waals surface area (Å²) < 4.78 is 28.2. The lowest BCUT2D eigenvalue weighted by Crippen LogP contribution is -2.00. The van der Waals surface area contributed by atoms with E-state index in [4.69, 9.17) is 13.6 Å². The van der Waals surface area contributed by atoms with Crippen LogP contribution >= 0.6 is 7.82 Å². The first kappa shape index (κ1) is 26.4. The Bertz CT molecular complexity index is 521. The Balaban J connectivity index is 1.91. The van der Waals surface area contributed by atoms with Gasteiger partial charge in [-0.15, -0.1) is 0 Å². The molecule has 0 N–H and O–H groups in total. The van der Waals surface area contributed by atoms with Gasteiger partial charge in [-0.25, -0.2) is 4.57 Å². The van der Waals surface area contributed by atoms with E-state index in [2.05, 4.69) is 6.92 Å². The molecule has 0 aliphatic carbocycles. The highest BCUT2D eigenvalue weighted by Gasteiger charge is 2.24. The van der Waals surface area contributed by atoms with E-state index in [-0.39, 0.29) is 6.61 Å². The summed E-state index contributed by atoms with van der Waals surface area (Å²) >= 11 is 0. The molecule has 0 amide bonds. The van der Waals surface area contributed by atoms with Crippen molar-refractivity contribution in [3.05, 3.63) is 35.9 Å². The average molecular weight is 427 g/mol. The zero-order chi connectivity index (χ0) is 21.0. The maximum Gasteiger partial charge on any atom is 0.474 e. The smallest absolute Gasteiger partial charge is 0.290 e. The summed E-state index contributed by atoms with van der Waals surface area (Å²) in [7, 11) is -2.08. The Morgan fingerprint density at radius 3 is 1.66 bits per heavy atom. The Kier molecular flexibility index (Phi) is 16.5. The lowest BCUT2D eigenvalue weighted by Gasteiger charge is -2.16. The van der Waals surface area contributed by atoms with Crippen molar-refractivity contribution < 1.29 is 18.1 Å². The van der Waals surface area contributed by atoms with E-state index in [1.54, 1.807) is 0 Å². The largest absolute Gasteiger partial charge is 0.474 e. The van der Waals surface area contributed by atoms with Crippen LogP contribution in [-0.4, -0.2) is 13.7 Å². The van der Waals surface area contributed by atoms with Crippen LogP contribution in [0.2, 0.25) is 0 Å². The number of phosphoric ester groups is 1. The van der Waals surface area contributed by atoms with Crippen molar-refractivity contribution in [2.24, 2.45) is 0 Å². The molecule has 1 rings (SSSR count). The SMILES string of the molecule is CCCCCCCCCCCCCCCCOP(=O)(OC)OCc1ccccc1. The molecule has 5 heteroatoms. The van der Waals surface area contributed by atoms with Crippen molar-refractivity contribution in [1.29, 1.82) is 0 Å². The second kappa shape index (κ2) is 18.1. The van der Waals surface area contributed by atoms with Gasteiger partial charge >= 0.3 is 7.82 Å². The van der Waals surface area contributed by atoms with E-state index in [1.807, 2.05) is 30.3 Å². The van der Waals surface area contributed by atoms with Gasteiger partial charge in [0, 0.05) is 7.11 Å². The highest BCUT2D eigenvalue weighted by Crippen LogP contribution is 2.49.